The van der Waals surface area contributed by atoms with Gasteiger partial charge in [0.25, 0.3) is 5.89 Å². The second-order valence-electron chi connectivity index (χ2n) is 6.41. The minimum absolute atomic E-state index is 0.522. The zero-order valence-electron chi connectivity index (χ0n) is 14.6. The Bertz CT molecular complexity index is 854. The summed E-state index contributed by atoms with van der Waals surface area (Å²) in [6.45, 7) is 4.96. The lowest BCUT2D eigenvalue weighted by Crippen LogP contribution is -2.35. The van der Waals surface area contributed by atoms with Crippen molar-refractivity contribution in [2.24, 2.45) is 5.73 Å². The molecular formula is C20H22N4O2. The zero-order valence-corrected chi connectivity index (χ0v) is 14.6. The fourth-order valence-electron chi connectivity index (χ4n) is 3.07. The van der Waals surface area contributed by atoms with Gasteiger partial charge in [-0.1, -0.05) is 41.6 Å². The minimum Gasteiger partial charge on any atom is -0.379 e. The van der Waals surface area contributed by atoms with E-state index in [1.54, 1.807) is 0 Å². The maximum Gasteiger partial charge on any atom is 0.258 e. The van der Waals surface area contributed by atoms with Gasteiger partial charge in [-0.3, -0.25) is 4.90 Å². The normalized spacial score (nSPS) is 15.3. The number of rotatable bonds is 5. The standard InChI is InChI=1S/C20H22N4O2/c21-13-15-4-6-17(7-5-15)19-22-20(26-23-19)18-3-1-2-16(12-18)14-24-8-10-25-11-9-24/h1-7,12H,8-11,13-14,21H2. The van der Waals surface area contributed by atoms with Crippen molar-refractivity contribution < 1.29 is 9.26 Å². The quantitative estimate of drug-likeness (QED) is 0.762. The summed E-state index contributed by atoms with van der Waals surface area (Å²) in [5.41, 5.74) is 9.81. The first-order valence-corrected chi connectivity index (χ1v) is 8.84. The number of aromatic nitrogens is 2. The highest BCUT2D eigenvalue weighted by Crippen LogP contribution is 2.23. The van der Waals surface area contributed by atoms with Gasteiger partial charge in [-0.05, 0) is 23.3 Å². The predicted molar refractivity (Wildman–Crippen MR) is 99.2 cm³/mol. The van der Waals surface area contributed by atoms with Gasteiger partial charge in [0.2, 0.25) is 5.82 Å². The van der Waals surface area contributed by atoms with Crippen LogP contribution >= 0.6 is 0 Å². The van der Waals surface area contributed by atoms with Crippen molar-refractivity contribution in [3.63, 3.8) is 0 Å². The topological polar surface area (TPSA) is 77.4 Å². The third-order valence-corrected chi connectivity index (χ3v) is 4.56. The van der Waals surface area contributed by atoms with Crippen LogP contribution in [-0.4, -0.2) is 41.3 Å². The first kappa shape index (κ1) is 16.9. The summed E-state index contributed by atoms with van der Waals surface area (Å²) < 4.78 is 10.9. The summed E-state index contributed by atoms with van der Waals surface area (Å²) in [6, 6.07) is 16.2. The number of hydrogen-bond acceptors (Lipinski definition) is 6. The lowest BCUT2D eigenvalue weighted by molar-refractivity contribution is 0.0342. The van der Waals surface area contributed by atoms with E-state index in [4.69, 9.17) is 15.0 Å². The van der Waals surface area contributed by atoms with E-state index in [2.05, 4.69) is 27.2 Å². The highest BCUT2D eigenvalue weighted by atomic mass is 16.5. The molecule has 1 aromatic heterocycles. The van der Waals surface area contributed by atoms with Gasteiger partial charge in [0.05, 0.1) is 13.2 Å². The van der Waals surface area contributed by atoms with E-state index in [0.717, 1.165) is 49.5 Å². The van der Waals surface area contributed by atoms with Crippen LogP contribution < -0.4 is 5.73 Å². The molecule has 0 bridgehead atoms. The van der Waals surface area contributed by atoms with Crippen LogP contribution in [0, 0.1) is 0 Å². The fraction of sp³-hybridized carbons (Fsp3) is 0.300. The Morgan fingerprint density at radius 3 is 2.54 bits per heavy atom. The third-order valence-electron chi connectivity index (χ3n) is 4.56. The van der Waals surface area contributed by atoms with E-state index in [9.17, 15) is 0 Å². The molecule has 134 valence electrons. The maximum absolute atomic E-state index is 5.64. The Kier molecular flexibility index (Phi) is 5.06. The van der Waals surface area contributed by atoms with E-state index in [1.165, 1.54) is 5.56 Å². The van der Waals surface area contributed by atoms with Crippen molar-refractivity contribution in [2.45, 2.75) is 13.1 Å². The Hall–Kier alpha value is -2.54. The van der Waals surface area contributed by atoms with Crippen LogP contribution in [0.5, 0.6) is 0 Å². The molecule has 3 aromatic rings. The number of benzene rings is 2. The van der Waals surface area contributed by atoms with E-state index < -0.39 is 0 Å². The smallest absolute Gasteiger partial charge is 0.258 e. The first-order valence-electron chi connectivity index (χ1n) is 8.84. The van der Waals surface area contributed by atoms with Crippen LogP contribution in [0.25, 0.3) is 22.8 Å². The SMILES string of the molecule is NCc1ccc(-c2noc(-c3cccc(CN4CCOCC4)c3)n2)cc1. The second kappa shape index (κ2) is 7.78. The molecule has 0 aliphatic carbocycles. The molecular weight excluding hydrogens is 328 g/mol. The lowest BCUT2D eigenvalue weighted by atomic mass is 10.1. The summed E-state index contributed by atoms with van der Waals surface area (Å²) in [5.74, 6) is 1.12. The summed E-state index contributed by atoms with van der Waals surface area (Å²) in [5, 5.41) is 4.12. The second-order valence-corrected chi connectivity index (χ2v) is 6.41. The number of ether oxygens (including phenoxy) is 1. The summed E-state index contributed by atoms with van der Waals surface area (Å²) in [7, 11) is 0. The van der Waals surface area contributed by atoms with Gasteiger partial charge in [0.15, 0.2) is 0 Å². The molecule has 1 saturated heterocycles. The van der Waals surface area contributed by atoms with Gasteiger partial charge in [-0.15, -0.1) is 0 Å². The zero-order chi connectivity index (χ0) is 17.8. The van der Waals surface area contributed by atoms with Crippen molar-refractivity contribution in [3.8, 4) is 22.8 Å². The molecule has 0 spiro atoms. The van der Waals surface area contributed by atoms with Crippen LogP contribution in [0.15, 0.2) is 53.1 Å². The van der Waals surface area contributed by atoms with E-state index in [0.29, 0.717) is 18.3 Å². The molecule has 1 aliphatic rings. The van der Waals surface area contributed by atoms with Crippen LogP contribution in [0.2, 0.25) is 0 Å². The molecule has 6 heteroatoms. The lowest BCUT2D eigenvalue weighted by Gasteiger charge is -2.26. The Labute approximate surface area is 152 Å². The Morgan fingerprint density at radius 2 is 1.77 bits per heavy atom. The van der Waals surface area contributed by atoms with Crippen molar-refractivity contribution >= 4 is 0 Å². The highest BCUT2D eigenvalue weighted by molar-refractivity contribution is 5.60. The molecule has 0 radical (unpaired) electrons. The van der Waals surface area contributed by atoms with Gasteiger partial charge in [-0.25, -0.2) is 0 Å². The largest absolute Gasteiger partial charge is 0.379 e. The van der Waals surface area contributed by atoms with Gasteiger partial charge in [0.1, 0.15) is 0 Å². The molecule has 26 heavy (non-hydrogen) atoms. The highest BCUT2D eigenvalue weighted by Gasteiger charge is 2.13. The number of morpholine rings is 1. The molecule has 2 aromatic carbocycles. The first-order chi connectivity index (χ1) is 12.8. The summed E-state index contributed by atoms with van der Waals surface area (Å²) in [4.78, 5) is 6.94. The average molecular weight is 350 g/mol. The monoisotopic (exact) mass is 350 g/mol. The molecule has 0 atom stereocenters. The molecule has 0 amide bonds. The molecule has 2 heterocycles. The van der Waals surface area contributed by atoms with Crippen molar-refractivity contribution in [3.05, 3.63) is 59.7 Å². The maximum atomic E-state index is 5.64. The van der Waals surface area contributed by atoms with Crippen molar-refractivity contribution in [2.75, 3.05) is 26.3 Å². The number of nitrogens with zero attached hydrogens (tertiary/aromatic N) is 3. The summed E-state index contributed by atoms with van der Waals surface area (Å²) in [6.07, 6.45) is 0. The van der Waals surface area contributed by atoms with Crippen LogP contribution in [-0.2, 0) is 17.8 Å². The van der Waals surface area contributed by atoms with Gasteiger partial charge in [-0.2, -0.15) is 4.98 Å². The number of hydrogen-bond donors (Lipinski definition) is 1. The van der Waals surface area contributed by atoms with Gasteiger partial charge in [0, 0.05) is 37.3 Å². The average Bonchev–Trinajstić information content (AvgIpc) is 3.19. The predicted octanol–water partition coefficient (Wildman–Crippen LogP) is 2.69. The Balaban J connectivity index is 1.52. The molecule has 0 unspecified atom stereocenters. The number of nitrogens with two attached hydrogens (primary N) is 1. The van der Waals surface area contributed by atoms with Crippen molar-refractivity contribution in [1.29, 1.82) is 0 Å². The molecule has 6 nitrogen and oxygen atoms in total. The molecule has 1 aliphatic heterocycles. The van der Waals surface area contributed by atoms with Crippen LogP contribution in [0.4, 0.5) is 0 Å². The van der Waals surface area contributed by atoms with E-state index >= 15 is 0 Å². The van der Waals surface area contributed by atoms with Gasteiger partial charge < -0.3 is 15.0 Å². The third kappa shape index (κ3) is 3.83. The Morgan fingerprint density at radius 1 is 0.962 bits per heavy atom. The molecule has 2 N–H and O–H groups in total. The molecule has 1 fully saturated rings. The van der Waals surface area contributed by atoms with E-state index in [1.807, 2.05) is 36.4 Å². The molecule has 0 saturated carbocycles. The van der Waals surface area contributed by atoms with Crippen molar-refractivity contribution in [1.82, 2.24) is 15.0 Å². The summed E-state index contributed by atoms with van der Waals surface area (Å²) >= 11 is 0. The van der Waals surface area contributed by atoms with Crippen LogP contribution in [0.3, 0.4) is 0 Å². The fourth-order valence-corrected chi connectivity index (χ4v) is 3.07. The van der Waals surface area contributed by atoms with Crippen LogP contribution in [0.1, 0.15) is 11.1 Å². The van der Waals surface area contributed by atoms with Gasteiger partial charge >= 0.3 is 0 Å². The molecule has 4 rings (SSSR count). The van der Waals surface area contributed by atoms with E-state index in [-0.39, 0.29) is 0 Å². The minimum atomic E-state index is 0.522.